The highest BCUT2D eigenvalue weighted by molar-refractivity contribution is 5.81. The molecule has 1 aromatic carbocycles. The number of aliphatic imine (C=N–C) groups is 1. The molecule has 26 heavy (non-hydrogen) atoms. The highest BCUT2D eigenvalue weighted by atomic mass is 16.2. The van der Waals surface area contributed by atoms with E-state index in [0.29, 0.717) is 24.9 Å². The molecule has 142 valence electrons. The highest BCUT2D eigenvalue weighted by Crippen LogP contribution is 2.26. The normalized spacial score (nSPS) is 24.0. The summed E-state index contributed by atoms with van der Waals surface area (Å²) in [6.07, 6.45) is 5.21. The van der Waals surface area contributed by atoms with Gasteiger partial charge in [-0.15, -0.1) is 0 Å². The van der Waals surface area contributed by atoms with Gasteiger partial charge in [0.25, 0.3) is 0 Å². The Balaban J connectivity index is 1.46. The molecule has 2 saturated heterocycles. The molecule has 2 heterocycles. The van der Waals surface area contributed by atoms with Crippen molar-refractivity contribution in [2.75, 3.05) is 33.2 Å². The van der Waals surface area contributed by atoms with Gasteiger partial charge in [-0.05, 0) is 38.2 Å². The summed E-state index contributed by atoms with van der Waals surface area (Å²) in [5.74, 6) is 1.75. The van der Waals surface area contributed by atoms with E-state index in [2.05, 4.69) is 57.4 Å². The molecule has 2 atom stereocenters. The summed E-state index contributed by atoms with van der Waals surface area (Å²) >= 11 is 0. The van der Waals surface area contributed by atoms with Gasteiger partial charge in [0.2, 0.25) is 5.91 Å². The van der Waals surface area contributed by atoms with Gasteiger partial charge in [-0.1, -0.05) is 30.3 Å². The number of nitrogens with zero attached hydrogens (tertiary/aromatic N) is 3. The molecular formula is C21H32N4O. The van der Waals surface area contributed by atoms with Crippen molar-refractivity contribution in [3.05, 3.63) is 35.9 Å². The number of hydrogen-bond acceptors (Lipinski definition) is 2. The first-order chi connectivity index (χ1) is 12.7. The summed E-state index contributed by atoms with van der Waals surface area (Å²) in [7, 11) is 1.83. The molecule has 5 nitrogen and oxygen atoms in total. The standard InChI is InChI=1S/C21H32N4O/c1-17-8-6-7-14-25(17)20(26)11-13-23-21(22-2)24-15-12-19(16-24)18-9-4-3-5-10-18/h3-5,9-10,17,19H,6-8,11-16H2,1-2H3,(H,22,23). The number of benzene rings is 1. The van der Waals surface area contributed by atoms with E-state index in [-0.39, 0.29) is 5.91 Å². The van der Waals surface area contributed by atoms with Crippen molar-refractivity contribution in [2.45, 2.75) is 51.0 Å². The predicted octanol–water partition coefficient (Wildman–Crippen LogP) is 2.84. The number of likely N-dealkylation sites (tertiary alicyclic amines) is 2. The maximum Gasteiger partial charge on any atom is 0.224 e. The van der Waals surface area contributed by atoms with Gasteiger partial charge in [0, 0.05) is 51.6 Å². The van der Waals surface area contributed by atoms with Crippen LogP contribution in [0.1, 0.15) is 50.5 Å². The van der Waals surface area contributed by atoms with Crippen molar-refractivity contribution in [2.24, 2.45) is 4.99 Å². The molecule has 2 aliphatic heterocycles. The zero-order chi connectivity index (χ0) is 18.4. The number of nitrogens with one attached hydrogen (secondary N) is 1. The second kappa shape index (κ2) is 9.06. The smallest absolute Gasteiger partial charge is 0.224 e. The molecule has 1 aromatic rings. The number of hydrogen-bond donors (Lipinski definition) is 1. The monoisotopic (exact) mass is 356 g/mol. The van der Waals surface area contributed by atoms with Crippen LogP contribution in [-0.2, 0) is 4.79 Å². The summed E-state index contributed by atoms with van der Waals surface area (Å²) < 4.78 is 0. The number of rotatable bonds is 4. The quantitative estimate of drug-likeness (QED) is 0.667. The van der Waals surface area contributed by atoms with Gasteiger partial charge in [-0.3, -0.25) is 9.79 Å². The first-order valence-electron chi connectivity index (χ1n) is 9.99. The van der Waals surface area contributed by atoms with Gasteiger partial charge < -0.3 is 15.1 Å². The second-order valence-corrected chi connectivity index (χ2v) is 7.50. The van der Waals surface area contributed by atoms with E-state index in [0.717, 1.165) is 44.9 Å². The van der Waals surface area contributed by atoms with Gasteiger partial charge in [0.1, 0.15) is 0 Å². The predicted molar refractivity (Wildman–Crippen MR) is 106 cm³/mol. The third-order valence-corrected chi connectivity index (χ3v) is 5.72. The number of piperidine rings is 1. The van der Waals surface area contributed by atoms with Crippen molar-refractivity contribution in [3.63, 3.8) is 0 Å². The minimum absolute atomic E-state index is 0.267. The van der Waals surface area contributed by atoms with E-state index >= 15 is 0 Å². The zero-order valence-corrected chi connectivity index (χ0v) is 16.2. The van der Waals surface area contributed by atoms with Crippen LogP contribution < -0.4 is 5.32 Å². The Morgan fingerprint density at radius 1 is 1.19 bits per heavy atom. The molecular weight excluding hydrogens is 324 g/mol. The minimum atomic E-state index is 0.267. The molecule has 0 aromatic heterocycles. The van der Waals surface area contributed by atoms with Crippen LogP contribution in [0.3, 0.4) is 0 Å². The highest BCUT2D eigenvalue weighted by Gasteiger charge is 2.26. The van der Waals surface area contributed by atoms with Gasteiger partial charge >= 0.3 is 0 Å². The number of guanidine groups is 1. The Hall–Kier alpha value is -2.04. The van der Waals surface area contributed by atoms with Gasteiger partial charge in [-0.2, -0.15) is 0 Å². The summed E-state index contributed by atoms with van der Waals surface area (Å²) in [6.45, 7) is 5.73. The van der Waals surface area contributed by atoms with Crippen LogP contribution >= 0.6 is 0 Å². The van der Waals surface area contributed by atoms with Crippen LogP contribution in [-0.4, -0.2) is 60.9 Å². The lowest BCUT2D eigenvalue weighted by molar-refractivity contribution is -0.134. The fourth-order valence-corrected chi connectivity index (χ4v) is 4.18. The SMILES string of the molecule is CN=C(NCCC(=O)N1CCCCC1C)N1CCC(c2ccccc2)C1. The van der Waals surface area contributed by atoms with Gasteiger partial charge in [0.15, 0.2) is 5.96 Å². The minimum Gasteiger partial charge on any atom is -0.356 e. The molecule has 1 N–H and O–H groups in total. The van der Waals surface area contributed by atoms with E-state index in [1.54, 1.807) is 0 Å². The molecule has 2 aliphatic rings. The van der Waals surface area contributed by atoms with E-state index < -0.39 is 0 Å². The lowest BCUT2D eigenvalue weighted by Gasteiger charge is -2.33. The Morgan fingerprint density at radius 3 is 2.73 bits per heavy atom. The Bertz CT molecular complexity index is 616. The van der Waals surface area contributed by atoms with Crippen LogP contribution in [0.4, 0.5) is 0 Å². The fraction of sp³-hybridized carbons (Fsp3) is 0.619. The topological polar surface area (TPSA) is 47.9 Å². The summed E-state index contributed by atoms with van der Waals surface area (Å²) in [5.41, 5.74) is 1.40. The van der Waals surface area contributed by atoms with Crippen LogP contribution in [0.25, 0.3) is 0 Å². The fourth-order valence-electron chi connectivity index (χ4n) is 4.18. The third-order valence-electron chi connectivity index (χ3n) is 5.72. The largest absolute Gasteiger partial charge is 0.356 e. The molecule has 3 rings (SSSR count). The van der Waals surface area contributed by atoms with Crippen molar-refractivity contribution in [3.8, 4) is 0 Å². The maximum atomic E-state index is 12.5. The molecule has 0 spiro atoms. The van der Waals surface area contributed by atoms with Gasteiger partial charge in [0.05, 0.1) is 0 Å². The van der Waals surface area contributed by atoms with Crippen LogP contribution in [0.15, 0.2) is 35.3 Å². The first-order valence-corrected chi connectivity index (χ1v) is 9.99. The molecule has 0 saturated carbocycles. The van der Waals surface area contributed by atoms with E-state index in [1.165, 1.54) is 12.0 Å². The molecule has 1 amide bonds. The van der Waals surface area contributed by atoms with Crippen LogP contribution in [0.2, 0.25) is 0 Å². The van der Waals surface area contributed by atoms with Crippen molar-refractivity contribution in [1.29, 1.82) is 0 Å². The third kappa shape index (κ3) is 4.57. The van der Waals surface area contributed by atoms with E-state index in [9.17, 15) is 4.79 Å². The van der Waals surface area contributed by atoms with Crippen molar-refractivity contribution < 1.29 is 4.79 Å². The molecule has 0 radical (unpaired) electrons. The first kappa shape index (κ1) is 18.7. The van der Waals surface area contributed by atoms with E-state index in [4.69, 9.17) is 0 Å². The zero-order valence-electron chi connectivity index (χ0n) is 16.2. The molecule has 0 aliphatic carbocycles. The van der Waals surface area contributed by atoms with Crippen LogP contribution in [0.5, 0.6) is 0 Å². The lowest BCUT2D eigenvalue weighted by Crippen LogP contribution is -2.45. The molecule has 2 unspecified atom stereocenters. The average molecular weight is 357 g/mol. The maximum absolute atomic E-state index is 12.5. The second-order valence-electron chi connectivity index (χ2n) is 7.50. The molecule has 0 bridgehead atoms. The average Bonchev–Trinajstić information content (AvgIpc) is 3.16. The molecule has 5 heteroatoms. The van der Waals surface area contributed by atoms with Gasteiger partial charge in [-0.25, -0.2) is 0 Å². The van der Waals surface area contributed by atoms with Crippen LogP contribution in [0, 0.1) is 0 Å². The van der Waals surface area contributed by atoms with E-state index in [1.807, 2.05) is 7.05 Å². The summed E-state index contributed by atoms with van der Waals surface area (Å²) in [4.78, 5) is 21.3. The lowest BCUT2D eigenvalue weighted by atomic mass is 9.99. The van der Waals surface area contributed by atoms with Crippen molar-refractivity contribution >= 4 is 11.9 Å². The van der Waals surface area contributed by atoms with Crippen molar-refractivity contribution in [1.82, 2.24) is 15.1 Å². The molecule has 2 fully saturated rings. The number of carbonyl (C=O) groups excluding carboxylic acids is 1. The number of carbonyl (C=O) groups is 1. The number of amides is 1. The Kier molecular flexibility index (Phi) is 6.53. The summed E-state index contributed by atoms with van der Waals surface area (Å²) in [5, 5.41) is 3.40. The summed E-state index contributed by atoms with van der Waals surface area (Å²) in [6, 6.07) is 11.1. The Morgan fingerprint density at radius 2 is 2.00 bits per heavy atom. The Labute approximate surface area is 157 Å².